The van der Waals surface area contributed by atoms with Crippen LogP contribution in [-0.2, 0) is 20.8 Å². The molecule has 0 aliphatic rings. The normalized spacial score (nSPS) is 10.7. The molecule has 34 heavy (non-hydrogen) atoms. The van der Waals surface area contributed by atoms with Crippen LogP contribution in [0.15, 0.2) is 79.5 Å². The maximum Gasteiger partial charge on any atom is 0.343 e. The Bertz CT molecular complexity index is 1350. The number of aromatic nitrogens is 1. The highest BCUT2D eigenvalue weighted by Crippen LogP contribution is 2.31. The van der Waals surface area contributed by atoms with E-state index < -0.39 is 5.97 Å². The van der Waals surface area contributed by atoms with Crippen molar-refractivity contribution >= 4 is 45.6 Å². The maximum absolute atomic E-state index is 11.3. The van der Waals surface area contributed by atoms with Crippen molar-refractivity contribution in [3.8, 4) is 5.75 Å². The lowest BCUT2D eigenvalue weighted by Gasteiger charge is -2.14. The highest BCUT2D eigenvalue weighted by molar-refractivity contribution is 6.30. The van der Waals surface area contributed by atoms with Gasteiger partial charge in [0, 0.05) is 45.6 Å². The number of carbonyl (C=O) groups excluding carboxylic acids is 1. The van der Waals surface area contributed by atoms with Crippen molar-refractivity contribution in [3.63, 3.8) is 0 Å². The summed E-state index contributed by atoms with van der Waals surface area (Å²) in [6.07, 6.45) is 2.05. The third-order valence-corrected chi connectivity index (χ3v) is 5.65. The van der Waals surface area contributed by atoms with E-state index in [4.69, 9.17) is 21.1 Å². The number of benzene rings is 3. The van der Waals surface area contributed by atoms with E-state index >= 15 is 0 Å². The number of methoxy groups -OCH3 is 2. The van der Waals surface area contributed by atoms with Crippen LogP contribution in [0, 0.1) is 0 Å². The van der Waals surface area contributed by atoms with Crippen molar-refractivity contribution in [2.24, 2.45) is 0 Å². The first-order chi connectivity index (χ1) is 16.5. The molecule has 1 aromatic heterocycles. The Morgan fingerprint density at radius 3 is 2.68 bits per heavy atom. The molecule has 0 spiro atoms. The van der Waals surface area contributed by atoms with Gasteiger partial charge in [-0.1, -0.05) is 30.3 Å². The SMILES string of the molecule is C=C(OC)c1cc(Cl)ccc1Nc1ccc2c(ccn2Cc2cccc(OCC(=O)OC)c2)c1. The summed E-state index contributed by atoms with van der Waals surface area (Å²) in [5, 5.41) is 5.16. The summed E-state index contributed by atoms with van der Waals surface area (Å²) in [6.45, 7) is 4.51. The van der Waals surface area contributed by atoms with Gasteiger partial charge in [0.05, 0.1) is 14.2 Å². The average Bonchev–Trinajstić information content (AvgIpc) is 3.25. The van der Waals surface area contributed by atoms with Crippen molar-refractivity contribution < 1.29 is 19.0 Å². The quantitative estimate of drug-likeness (QED) is 0.228. The minimum atomic E-state index is -0.413. The largest absolute Gasteiger partial charge is 0.497 e. The van der Waals surface area contributed by atoms with Gasteiger partial charge in [-0.2, -0.15) is 0 Å². The molecule has 0 bridgehead atoms. The van der Waals surface area contributed by atoms with Crippen LogP contribution in [-0.4, -0.2) is 31.4 Å². The maximum atomic E-state index is 11.3. The second kappa shape index (κ2) is 10.4. The summed E-state index contributed by atoms with van der Waals surface area (Å²) in [5.41, 5.74) is 4.77. The summed E-state index contributed by atoms with van der Waals surface area (Å²) in [7, 11) is 2.92. The van der Waals surface area contributed by atoms with E-state index in [1.54, 1.807) is 7.11 Å². The smallest absolute Gasteiger partial charge is 0.343 e. The van der Waals surface area contributed by atoms with E-state index in [0.717, 1.165) is 33.4 Å². The zero-order valence-corrected chi connectivity index (χ0v) is 19.8. The monoisotopic (exact) mass is 476 g/mol. The van der Waals surface area contributed by atoms with E-state index in [0.29, 0.717) is 23.1 Å². The fourth-order valence-corrected chi connectivity index (χ4v) is 3.84. The zero-order valence-electron chi connectivity index (χ0n) is 19.0. The van der Waals surface area contributed by atoms with Crippen LogP contribution >= 0.6 is 11.6 Å². The van der Waals surface area contributed by atoms with Crippen LogP contribution in [0.25, 0.3) is 16.7 Å². The van der Waals surface area contributed by atoms with Crippen molar-refractivity contribution in [3.05, 3.63) is 95.7 Å². The summed E-state index contributed by atoms with van der Waals surface area (Å²) in [4.78, 5) is 11.3. The number of halogens is 1. The number of hydrogen-bond acceptors (Lipinski definition) is 5. The summed E-state index contributed by atoms with van der Waals surface area (Å²) < 4.78 is 17.6. The molecule has 6 nitrogen and oxygen atoms in total. The van der Waals surface area contributed by atoms with Gasteiger partial charge in [-0.25, -0.2) is 4.79 Å². The molecule has 4 aromatic rings. The third-order valence-electron chi connectivity index (χ3n) is 5.41. The van der Waals surface area contributed by atoms with Crippen LogP contribution in [0.5, 0.6) is 5.75 Å². The van der Waals surface area contributed by atoms with Crippen LogP contribution in [0.3, 0.4) is 0 Å². The zero-order chi connectivity index (χ0) is 24.1. The molecule has 0 unspecified atom stereocenters. The van der Waals surface area contributed by atoms with Gasteiger partial charge in [0.1, 0.15) is 11.5 Å². The van der Waals surface area contributed by atoms with Gasteiger partial charge in [-0.15, -0.1) is 0 Å². The standard InChI is InChI=1S/C27H25ClN2O4/c1-18(32-2)24-15-21(28)7-9-25(24)29-22-8-10-26-20(14-22)11-12-30(26)16-19-5-4-6-23(13-19)34-17-27(31)33-3/h4-15,29H,1,16-17H2,2-3H3. The molecule has 0 saturated carbocycles. The molecule has 0 amide bonds. The molecule has 4 rings (SSSR count). The minimum absolute atomic E-state index is 0.116. The van der Waals surface area contributed by atoms with E-state index in [2.05, 4.69) is 45.6 Å². The molecule has 7 heteroatoms. The van der Waals surface area contributed by atoms with Crippen molar-refractivity contribution in [2.75, 3.05) is 26.1 Å². The molecule has 0 saturated heterocycles. The number of rotatable bonds is 9. The van der Waals surface area contributed by atoms with Gasteiger partial charge in [0.2, 0.25) is 0 Å². The first-order valence-electron chi connectivity index (χ1n) is 10.6. The molecule has 0 radical (unpaired) electrons. The molecule has 1 N–H and O–H groups in total. The Labute approximate surface area is 203 Å². The fraction of sp³-hybridized carbons (Fsp3) is 0.148. The van der Waals surface area contributed by atoms with Gasteiger partial charge < -0.3 is 24.1 Å². The van der Waals surface area contributed by atoms with Gasteiger partial charge in [-0.05, 0) is 60.2 Å². The number of carbonyl (C=O) groups is 1. The summed E-state index contributed by atoms with van der Waals surface area (Å²) in [5.74, 6) is 0.751. The highest BCUT2D eigenvalue weighted by Gasteiger charge is 2.10. The molecule has 0 atom stereocenters. The van der Waals surface area contributed by atoms with Crippen molar-refractivity contribution in [1.29, 1.82) is 0 Å². The average molecular weight is 477 g/mol. The second-order valence-corrected chi connectivity index (χ2v) is 8.11. The summed E-state index contributed by atoms with van der Waals surface area (Å²) in [6, 6.07) is 21.5. The molecule has 1 heterocycles. The molecule has 0 fully saturated rings. The lowest BCUT2D eigenvalue weighted by Crippen LogP contribution is -2.12. The predicted octanol–water partition coefficient (Wildman–Crippen LogP) is 6.26. The Morgan fingerprint density at radius 1 is 1.03 bits per heavy atom. The number of ether oxygens (including phenoxy) is 3. The fourth-order valence-electron chi connectivity index (χ4n) is 3.67. The van der Waals surface area contributed by atoms with E-state index in [-0.39, 0.29) is 6.61 Å². The predicted molar refractivity (Wildman–Crippen MR) is 136 cm³/mol. The molecule has 0 aliphatic heterocycles. The van der Waals surface area contributed by atoms with Crippen LogP contribution in [0.2, 0.25) is 5.02 Å². The molecular formula is C27H25ClN2O4. The molecule has 0 aliphatic carbocycles. The van der Waals surface area contributed by atoms with Gasteiger partial charge in [0.15, 0.2) is 6.61 Å². The topological polar surface area (TPSA) is 61.7 Å². The number of nitrogens with one attached hydrogen (secondary N) is 1. The van der Waals surface area contributed by atoms with Crippen LogP contribution in [0.4, 0.5) is 11.4 Å². The van der Waals surface area contributed by atoms with Crippen LogP contribution < -0.4 is 10.1 Å². The lowest BCUT2D eigenvalue weighted by atomic mass is 10.1. The Kier molecular flexibility index (Phi) is 7.09. The van der Waals surface area contributed by atoms with Gasteiger partial charge in [-0.3, -0.25) is 0 Å². The van der Waals surface area contributed by atoms with E-state index in [1.165, 1.54) is 7.11 Å². The molecular weight excluding hydrogens is 452 g/mol. The summed E-state index contributed by atoms with van der Waals surface area (Å²) >= 11 is 6.16. The number of nitrogens with zero attached hydrogens (tertiary/aromatic N) is 1. The van der Waals surface area contributed by atoms with E-state index in [9.17, 15) is 4.79 Å². The van der Waals surface area contributed by atoms with Gasteiger partial charge in [0.25, 0.3) is 0 Å². The highest BCUT2D eigenvalue weighted by atomic mass is 35.5. The number of fused-ring (bicyclic) bond motifs is 1. The van der Waals surface area contributed by atoms with Crippen molar-refractivity contribution in [1.82, 2.24) is 4.57 Å². The first-order valence-corrected chi connectivity index (χ1v) is 11.0. The lowest BCUT2D eigenvalue weighted by molar-refractivity contribution is -0.142. The third kappa shape index (κ3) is 5.35. The second-order valence-electron chi connectivity index (χ2n) is 7.67. The van der Waals surface area contributed by atoms with Gasteiger partial charge >= 0.3 is 5.97 Å². The Balaban J connectivity index is 1.53. The van der Waals surface area contributed by atoms with Crippen LogP contribution in [0.1, 0.15) is 11.1 Å². The molecule has 3 aromatic carbocycles. The number of esters is 1. The van der Waals surface area contributed by atoms with E-state index in [1.807, 2.05) is 48.5 Å². The Hall–Kier alpha value is -3.90. The molecule has 174 valence electrons. The number of hydrogen-bond donors (Lipinski definition) is 1. The minimum Gasteiger partial charge on any atom is -0.497 e. The van der Waals surface area contributed by atoms with Crippen molar-refractivity contribution in [2.45, 2.75) is 6.54 Å². The number of anilines is 2. The first kappa shape index (κ1) is 23.3. The Morgan fingerprint density at radius 2 is 1.88 bits per heavy atom.